The number of aromatic nitrogens is 1. The van der Waals surface area contributed by atoms with Gasteiger partial charge < -0.3 is 40.6 Å². The standard InChI is InChI=1S/C14H13BrClNO7.C6H13N/c15-5-1-4-7(2-6(5)16)17-3-8(4)23-14-11(20)9(18)10(19)12(24-14)13(21)22;7-6-4-2-1-3-5-6/h1-3,9-12,14,17-20H,(H,21,22);6H,1-5,7H2. The molecule has 2 aliphatic rings. The summed E-state index contributed by atoms with van der Waals surface area (Å²) in [5, 5.41) is 39.6. The Morgan fingerprint density at radius 3 is 2.42 bits per heavy atom. The predicted molar refractivity (Wildman–Crippen MR) is 117 cm³/mol. The Labute approximate surface area is 192 Å². The van der Waals surface area contributed by atoms with Gasteiger partial charge in [0.25, 0.3) is 0 Å². The predicted octanol–water partition coefficient (Wildman–Crippen LogP) is 2.13. The van der Waals surface area contributed by atoms with Crippen molar-refractivity contribution in [2.45, 2.75) is 68.9 Å². The molecule has 2 heterocycles. The molecule has 5 unspecified atom stereocenters. The van der Waals surface area contributed by atoms with E-state index in [2.05, 4.69) is 20.9 Å². The summed E-state index contributed by atoms with van der Waals surface area (Å²) in [5.74, 6) is -1.21. The third kappa shape index (κ3) is 5.70. The van der Waals surface area contributed by atoms with E-state index in [-0.39, 0.29) is 5.75 Å². The molecule has 172 valence electrons. The van der Waals surface area contributed by atoms with Crippen molar-refractivity contribution in [3.05, 3.63) is 27.8 Å². The summed E-state index contributed by atoms with van der Waals surface area (Å²) in [7, 11) is 0. The first-order valence-electron chi connectivity index (χ1n) is 10.00. The molecule has 11 heteroatoms. The van der Waals surface area contributed by atoms with Crippen molar-refractivity contribution >= 4 is 44.4 Å². The summed E-state index contributed by atoms with van der Waals surface area (Å²) in [6.45, 7) is 0. The van der Waals surface area contributed by atoms with E-state index >= 15 is 0 Å². The summed E-state index contributed by atoms with van der Waals surface area (Å²) in [6, 6.07) is 3.87. The maximum Gasteiger partial charge on any atom is 0.335 e. The number of benzene rings is 1. The second kappa shape index (κ2) is 10.5. The van der Waals surface area contributed by atoms with Crippen LogP contribution < -0.4 is 10.5 Å². The van der Waals surface area contributed by atoms with Crippen LogP contribution in [0, 0.1) is 0 Å². The lowest BCUT2D eigenvalue weighted by Crippen LogP contribution is -2.61. The Morgan fingerprint density at radius 2 is 1.84 bits per heavy atom. The van der Waals surface area contributed by atoms with Crippen LogP contribution in [-0.4, -0.2) is 68.1 Å². The Morgan fingerprint density at radius 1 is 1.16 bits per heavy atom. The average Bonchev–Trinajstić information content (AvgIpc) is 3.11. The Bertz CT molecular complexity index is 905. The number of H-pyrrole nitrogens is 1. The molecule has 2 aromatic rings. The van der Waals surface area contributed by atoms with Crippen molar-refractivity contribution in [2.75, 3.05) is 0 Å². The molecule has 1 aliphatic heterocycles. The first-order valence-corrected chi connectivity index (χ1v) is 11.2. The molecule has 1 aromatic carbocycles. The molecule has 0 radical (unpaired) electrons. The smallest absolute Gasteiger partial charge is 0.335 e. The van der Waals surface area contributed by atoms with Crippen LogP contribution in [0.5, 0.6) is 5.75 Å². The third-order valence-electron chi connectivity index (χ3n) is 5.39. The van der Waals surface area contributed by atoms with E-state index in [4.69, 9.17) is 31.9 Å². The van der Waals surface area contributed by atoms with Crippen LogP contribution in [0.4, 0.5) is 0 Å². The van der Waals surface area contributed by atoms with Crippen molar-refractivity contribution in [1.29, 1.82) is 0 Å². The summed E-state index contributed by atoms with van der Waals surface area (Å²) < 4.78 is 11.2. The van der Waals surface area contributed by atoms with Crippen molar-refractivity contribution in [1.82, 2.24) is 4.98 Å². The Balaban J connectivity index is 0.000000330. The number of nitrogens with one attached hydrogen (secondary N) is 1. The molecular weight excluding hydrogens is 496 g/mol. The lowest BCUT2D eigenvalue weighted by molar-refractivity contribution is -0.270. The summed E-state index contributed by atoms with van der Waals surface area (Å²) in [6.07, 6.45) is -0.175. The van der Waals surface area contributed by atoms with Crippen molar-refractivity contribution in [2.24, 2.45) is 5.73 Å². The van der Waals surface area contributed by atoms with E-state index in [1.807, 2.05) is 0 Å². The van der Waals surface area contributed by atoms with E-state index in [0.717, 1.165) is 0 Å². The zero-order valence-corrected chi connectivity index (χ0v) is 18.9. The molecule has 2 fully saturated rings. The molecule has 1 aliphatic carbocycles. The second-order valence-corrected chi connectivity index (χ2v) is 8.98. The van der Waals surface area contributed by atoms with Crippen LogP contribution in [0.3, 0.4) is 0 Å². The quantitative estimate of drug-likeness (QED) is 0.358. The highest BCUT2D eigenvalue weighted by molar-refractivity contribution is 9.10. The van der Waals surface area contributed by atoms with Gasteiger partial charge in [-0.15, -0.1) is 0 Å². The van der Waals surface area contributed by atoms with Crippen molar-refractivity contribution < 1.29 is 34.7 Å². The second-order valence-electron chi connectivity index (χ2n) is 7.72. The molecular formula is C20H26BrClN2O7. The zero-order chi connectivity index (χ0) is 22.7. The number of ether oxygens (including phenoxy) is 2. The van der Waals surface area contributed by atoms with Crippen LogP contribution in [0.2, 0.25) is 5.02 Å². The number of halogens is 2. The van der Waals surface area contributed by atoms with Gasteiger partial charge in [0, 0.05) is 22.1 Å². The van der Waals surface area contributed by atoms with E-state index < -0.39 is 36.7 Å². The number of hydrogen-bond donors (Lipinski definition) is 6. The minimum atomic E-state index is -1.77. The highest BCUT2D eigenvalue weighted by Crippen LogP contribution is 2.35. The fourth-order valence-electron chi connectivity index (χ4n) is 3.60. The molecule has 1 aromatic heterocycles. The van der Waals surface area contributed by atoms with Gasteiger partial charge in [-0.25, -0.2) is 4.79 Å². The number of hydrogen-bond acceptors (Lipinski definition) is 7. The SMILES string of the molecule is NC1CCCCC1.O=C(O)C1OC(Oc2c[nH]c3cc(Cl)c(Br)cc23)C(O)C(O)C1O. The van der Waals surface area contributed by atoms with Gasteiger partial charge in [0.05, 0.1) is 10.5 Å². The van der Waals surface area contributed by atoms with Gasteiger partial charge >= 0.3 is 5.97 Å². The monoisotopic (exact) mass is 520 g/mol. The van der Waals surface area contributed by atoms with Gasteiger partial charge in [-0.05, 0) is 40.9 Å². The largest absolute Gasteiger partial charge is 0.479 e. The first-order chi connectivity index (χ1) is 14.7. The number of carboxylic acids is 1. The Kier molecular flexibility index (Phi) is 8.19. The summed E-state index contributed by atoms with van der Waals surface area (Å²) in [4.78, 5) is 14.0. The zero-order valence-electron chi connectivity index (χ0n) is 16.6. The molecule has 1 saturated carbocycles. The molecule has 7 N–H and O–H groups in total. The molecule has 0 amide bonds. The number of rotatable bonds is 3. The maximum absolute atomic E-state index is 11.1. The normalized spacial score (nSPS) is 29.3. The van der Waals surface area contributed by atoms with Gasteiger partial charge in [-0.2, -0.15) is 0 Å². The molecule has 9 nitrogen and oxygen atoms in total. The van der Waals surface area contributed by atoms with Crippen LogP contribution in [0.25, 0.3) is 10.9 Å². The average molecular weight is 522 g/mol. The Hall–Kier alpha value is -1.40. The fourth-order valence-corrected chi connectivity index (χ4v) is 4.10. The van der Waals surface area contributed by atoms with Crippen LogP contribution in [-0.2, 0) is 9.53 Å². The molecule has 4 rings (SSSR count). The van der Waals surface area contributed by atoms with Crippen LogP contribution >= 0.6 is 27.5 Å². The number of carbonyl (C=O) groups is 1. The van der Waals surface area contributed by atoms with Crippen LogP contribution in [0.1, 0.15) is 32.1 Å². The van der Waals surface area contributed by atoms with Gasteiger partial charge in [-0.3, -0.25) is 0 Å². The number of fused-ring (bicyclic) bond motifs is 1. The first kappa shape index (κ1) is 24.2. The number of aliphatic carboxylic acids is 1. The number of carboxylic acid groups (broad SMARTS) is 1. The van der Waals surface area contributed by atoms with E-state index in [1.54, 1.807) is 12.1 Å². The van der Waals surface area contributed by atoms with E-state index in [1.165, 1.54) is 38.3 Å². The van der Waals surface area contributed by atoms with E-state index in [9.17, 15) is 20.1 Å². The molecule has 1 saturated heterocycles. The van der Waals surface area contributed by atoms with Gasteiger partial charge in [0.15, 0.2) is 6.10 Å². The van der Waals surface area contributed by atoms with E-state index in [0.29, 0.717) is 26.4 Å². The fraction of sp³-hybridized carbons (Fsp3) is 0.550. The highest BCUT2D eigenvalue weighted by atomic mass is 79.9. The minimum absolute atomic E-state index is 0.263. The maximum atomic E-state index is 11.1. The van der Waals surface area contributed by atoms with Crippen molar-refractivity contribution in [3.63, 3.8) is 0 Å². The minimum Gasteiger partial charge on any atom is -0.479 e. The van der Waals surface area contributed by atoms with Gasteiger partial charge in [0.1, 0.15) is 24.1 Å². The number of aromatic amines is 1. The van der Waals surface area contributed by atoms with Crippen molar-refractivity contribution in [3.8, 4) is 5.75 Å². The van der Waals surface area contributed by atoms with Crippen LogP contribution in [0.15, 0.2) is 22.8 Å². The molecule has 0 bridgehead atoms. The lowest BCUT2D eigenvalue weighted by atomic mass is 9.97. The molecule has 0 spiro atoms. The number of aliphatic hydroxyl groups is 3. The van der Waals surface area contributed by atoms with Gasteiger partial charge in [-0.1, -0.05) is 30.9 Å². The molecule has 5 atom stereocenters. The topological polar surface area (TPSA) is 158 Å². The number of nitrogens with two attached hydrogens (primary N) is 1. The van der Waals surface area contributed by atoms with Gasteiger partial charge in [0.2, 0.25) is 6.29 Å². The third-order valence-corrected chi connectivity index (χ3v) is 6.59. The summed E-state index contributed by atoms with van der Waals surface area (Å²) >= 11 is 9.29. The summed E-state index contributed by atoms with van der Waals surface area (Å²) in [5.41, 5.74) is 6.29. The molecule has 31 heavy (non-hydrogen) atoms. The lowest BCUT2D eigenvalue weighted by Gasteiger charge is -2.38. The highest BCUT2D eigenvalue weighted by Gasteiger charge is 2.48. The number of aliphatic hydroxyl groups excluding tert-OH is 3.